The summed E-state index contributed by atoms with van der Waals surface area (Å²) in [5, 5.41) is 4.79. The number of methoxy groups -OCH3 is 1. The molecular weight excluding hydrogens is 420 g/mol. The molecule has 2 aliphatic carbocycles. The van der Waals surface area contributed by atoms with Crippen molar-refractivity contribution in [1.82, 2.24) is 5.32 Å². The monoisotopic (exact) mass is 448 g/mol. The molecule has 2 aromatic rings. The van der Waals surface area contributed by atoms with Crippen molar-refractivity contribution in [2.75, 3.05) is 18.0 Å². The Balaban J connectivity index is 1.56. The van der Waals surface area contributed by atoms with E-state index in [1.807, 2.05) is 6.92 Å². The Morgan fingerprint density at radius 1 is 1.23 bits per heavy atom. The van der Waals surface area contributed by atoms with Gasteiger partial charge in [-0.05, 0) is 67.5 Å². The number of thiophene rings is 1. The summed E-state index contributed by atoms with van der Waals surface area (Å²) in [5.74, 6) is 2.08. The molecule has 30 heavy (non-hydrogen) atoms. The Labute approximate surface area is 182 Å². The third kappa shape index (κ3) is 4.07. The van der Waals surface area contributed by atoms with Crippen LogP contribution in [0.3, 0.4) is 0 Å². The van der Waals surface area contributed by atoms with Crippen molar-refractivity contribution in [2.45, 2.75) is 42.9 Å². The number of hydrogen-bond donors (Lipinski definition) is 1. The molecule has 8 heteroatoms. The van der Waals surface area contributed by atoms with Crippen LogP contribution in [0.1, 0.15) is 32.6 Å². The Bertz CT molecular complexity index is 990. The molecule has 4 rings (SSSR count). The van der Waals surface area contributed by atoms with Crippen LogP contribution in [0.25, 0.3) is 0 Å². The quantitative estimate of drug-likeness (QED) is 0.665. The summed E-state index contributed by atoms with van der Waals surface area (Å²) in [5.41, 5.74) is 0.358. The molecule has 2 fully saturated rings. The summed E-state index contributed by atoms with van der Waals surface area (Å²) in [6.07, 6.45) is 4.99. The molecule has 2 saturated carbocycles. The number of sulfonamides is 1. The van der Waals surface area contributed by atoms with Crippen LogP contribution in [-0.2, 0) is 14.8 Å². The molecule has 0 radical (unpaired) electrons. The molecule has 1 aromatic heterocycles. The largest absolute Gasteiger partial charge is 0.495 e. The first kappa shape index (κ1) is 21.2. The van der Waals surface area contributed by atoms with E-state index >= 15 is 0 Å². The van der Waals surface area contributed by atoms with Crippen LogP contribution in [0.2, 0.25) is 0 Å². The van der Waals surface area contributed by atoms with Crippen LogP contribution < -0.4 is 14.4 Å². The van der Waals surface area contributed by atoms with Gasteiger partial charge in [0.2, 0.25) is 5.91 Å². The third-order valence-electron chi connectivity index (χ3n) is 6.50. The maximum Gasteiger partial charge on any atom is 0.274 e. The van der Waals surface area contributed by atoms with Crippen LogP contribution >= 0.6 is 11.3 Å². The lowest BCUT2D eigenvalue weighted by Crippen LogP contribution is -2.46. The molecule has 6 nitrogen and oxygen atoms in total. The molecule has 0 aliphatic heterocycles. The Morgan fingerprint density at radius 2 is 2.03 bits per heavy atom. The fourth-order valence-electron chi connectivity index (χ4n) is 5.10. The molecule has 0 unspecified atom stereocenters. The molecule has 0 saturated heterocycles. The maximum atomic E-state index is 13.3. The lowest BCUT2D eigenvalue weighted by molar-refractivity contribution is -0.120. The minimum absolute atomic E-state index is 0.0387. The molecule has 0 spiro atoms. The molecular formula is C22H28N2O4S2. The number of para-hydroxylation sites is 2. The third-order valence-corrected chi connectivity index (χ3v) is 9.64. The normalized spacial score (nSPS) is 23.9. The number of nitrogens with zero attached hydrogens (tertiary/aromatic N) is 1. The van der Waals surface area contributed by atoms with E-state index in [9.17, 15) is 13.2 Å². The van der Waals surface area contributed by atoms with Gasteiger partial charge < -0.3 is 10.1 Å². The highest BCUT2D eigenvalue weighted by atomic mass is 32.2. The van der Waals surface area contributed by atoms with E-state index in [0.29, 0.717) is 23.3 Å². The number of amides is 1. The van der Waals surface area contributed by atoms with Gasteiger partial charge in [0, 0.05) is 6.04 Å². The average Bonchev–Trinajstić information content (AvgIpc) is 3.50. The fourth-order valence-corrected chi connectivity index (χ4v) is 7.63. The summed E-state index contributed by atoms with van der Waals surface area (Å²) < 4.78 is 33.4. The first-order chi connectivity index (χ1) is 14.4. The predicted octanol–water partition coefficient (Wildman–Crippen LogP) is 3.89. The van der Waals surface area contributed by atoms with Crippen molar-refractivity contribution in [3.63, 3.8) is 0 Å². The van der Waals surface area contributed by atoms with Crippen molar-refractivity contribution in [3.05, 3.63) is 41.8 Å². The number of anilines is 1. The van der Waals surface area contributed by atoms with Gasteiger partial charge in [0.1, 0.15) is 16.5 Å². The second-order valence-electron chi connectivity index (χ2n) is 8.31. The van der Waals surface area contributed by atoms with Crippen LogP contribution in [-0.4, -0.2) is 34.0 Å². The van der Waals surface area contributed by atoms with Crippen LogP contribution in [0.15, 0.2) is 46.0 Å². The van der Waals surface area contributed by atoms with Crippen molar-refractivity contribution < 1.29 is 17.9 Å². The lowest BCUT2D eigenvalue weighted by Gasteiger charge is -2.30. The average molecular weight is 449 g/mol. The van der Waals surface area contributed by atoms with E-state index in [1.54, 1.807) is 41.8 Å². The molecule has 1 N–H and O–H groups in total. The molecule has 2 bridgehead atoms. The van der Waals surface area contributed by atoms with Crippen molar-refractivity contribution in [2.24, 2.45) is 17.8 Å². The van der Waals surface area contributed by atoms with Crippen molar-refractivity contribution in [3.8, 4) is 5.75 Å². The predicted molar refractivity (Wildman–Crippen MR) is 118 cm³/mol. The van der Waals surface area contributed by atoms with E-state index < -0.39 is 10.0 Å². The van der Waals surface area contributed by atoms with Gasteiger partial charge in [0.15, 0.2) is 0 Å². The van der Waals surface area contributed by atoms with Gasteiger partial charge in [-0.25, -0.2) is 8.42 Å². The van der Waals surface area contributed by atoms with E-state index in [2.05, 4.69) is 5.32 Å². The van der Waals surface area contributed by atoms with Gasteiger partial charge in [0.05, 0.1) is 12.8 Å². The zero-order valence-corrected chi connectivity index (χ0v) is 18.9. The zero-order valence-electron chi connectivity index (χ0n) is 17.3. The van der Waals surface area contributed by atoms with Gasteiger partial charge >= 0.3 is 0 Å². The van der Waals surface area contributed by atoms with Gasteiger partial charge in [-0.3, -0.25) is 9.10 Å². The highest BCUT2D eigenvalue weighted by Crippen LogP contribution is 2.49. The number of carbonyl (C=O) groups is 1. The van der Waals surface area contributed by atoms with Crippen LogP contribution in [0, 0.1) is 17.8 Å². The maximum absolute atomic E-state index is 13.3. The molecule has 4 atom stereocenters. The second-order valence-corrected chi connectivity index (χ2v) is 11.3. The van der Waals surface area contributed by atoms with Gasteiger partial charge in [0.25, 0.3) is 10.0 Å². The van der Waals surface area contributed by atoms with E-state index in [0.717, 1.165) is 28.0 Å². The van der Waals surface area contributed by atoms with E-state index in [4.69, 9.17) is 4.74 Å². The van der Waals surface area contributed by atoms with Crippen molar-refractivity contribution in [1.29, 1.82) is 0 Å². The topological polar surface area (TPSA) is 75.7 Å². The highest BCUT2D eigenvalue weighted by molar-refractivity contribution is 7.94. The fraction of sp³-hybridized carbons (Fsp3) is 0.500. The Kier molecular flexibility index (Phi) is 6.06. The molecule has 1 aromatic carbocycles. The summed E-state index contributed by atoms with van der Waals surface area (Å²) in [4.78, 5) is 13.0. The van der Waals surface area contributed by atoms with Gasteiger partial charge in [-0.2, -0.15) is 0 Å². The standard InChI is InChI=1S/C22H28N2O4S2/c1-15(18-13-16-9-10-17(18)12-16)23-21(25)14-24(19-6-3-4-7-20(19)28-2)30(26,27)22-8-5-11-29-22/h3-8,11,15-18H,9-10,12-14H2,1-2H3,(H,23,25)/t15-,16-,17-,18-/m0/s1. The summed E-state index contributed by atoms with van der Waals surface area (Å²) in [6, 6.07) is 10.2. The minimum atomic E-state index is -3.89. The molecule has 162 valence electrons. The van der Waals surface area contributed by atoms with Gasteiger partial charge in [-0.1, -0.05) is 24.6 Å². The smallest absolute Gasteiger partial charge is 0.274 e. The summed E-state index contributed by atoms with van der Waals surface area (Å²) in [6.45, 7) is 1.76. The van der Waals surface area contributed by atoms with Crippen LogP contribution in [0.5, 0.6) is 5.75 Å². The number of nitrogens with one attached hydrogen (secondary N) is 1. The van der Waals surface area contributed by atoms with E-state index in [1.165, 1.54) is 26.4 Å². The van der Waals surface area contributed by atoms with E-state index in [-0.39, 0.29) is 22.7 Å². The highest BCUT2D eigenvalue weighted by Gasteiger charge is 2.42. The van der Waals surface area contributed by atoms with Gasteiger partial charge in [-0.15, -0.1) is 11.3 Å². The van der Waals surface area contributed by atoms with Crippen LogP contribution in [0.4, 0.5) is 5.69 Å². The number of hydrogen-bond acceptors (Lipinski definition) is 5. The number of ether oxygens (including phenoxy) is 1. The Hall–Kier alpha value is -2.06. The summed E-state index contributed by atoms with van der Waals surface area (Å²) in [7, 11) is -2.40. The lowest BCUT2D eigenvalue weighted by atomic mass is 9.84. The number of fused-ring (bicyclic) bond motifs is 2. The zero-order chi connectivity index (χ0) is 21.3. The number of benzene rings is 1. The molecule has 1 amide bonds. The first-order valence-electron chi connectivity index (χ1n) is 10.4. The number of carbonyl (C=O) groups excluding carboxylic acids is 1. The Morgan fingerprint density at radius 3 is 2.67 bits per heavy atom. The van der Waals surface area contributed by atoms with Crippen molar-refractivity contribution >= 4 is 33.0 Å². The molecule has 2 aliphatic rings. The SMILES string of the molecule is COc1ccccc1N(CC(=O)N[C@@H](C)[C@@H]1C[C@H]2CC[C@H]1C2)S(=O)(=O)c1cccs1. The first-order valence-corrected chi connectivity index (χ1v) is 12.7. The number of rotatable bonds is 8. The minimum Gasteiger partial charge on any atom is -0.495 e. The molecule has 1 heterocycles. The second kappa shape index (κ2) is 8.59. The summed E-state index contributed by atoms with van der Waals surface area (Å²) >= 11 is 1.13.